The second-order valence-corrected chi connectivity index (χ2v) is 18.7. The molecule has 0 amide bonds. The van der Waals surface area contributed by atoms with Gasteiger partial charge in [0.15, 0.2) is 14.1 Å². The first-order valence-corrected chi connectivity index (χ1v) is 18.3. The van der Waals surface area contributed by atoms with Crippen molar-refractivity contribution >= 4 is 19.2 Å². The van der Waals surface area contributed by atoms with Crippen LogP contribution >= 0.6 is 0 Å². The van der Waals surface area contributed by atoms with Crippen molar-refractivity contribution in [3.8, 4) is 28.3 Å². The van der Waals surface area contributed by atoms with Crippen LogP contribution in [0.25, 0.3) is 33.4 Å². The van der Waals surface area contributed by atoms with Crippen molar-refractivity contribution in [2.24, 2.45) is 0 Å². The Kier molecular flexibility index (Phi) is 9.21. The zero-order chi connectivity index (χ0) is 36.2. The molecule has 7 nitrogen and oxygen atoms in total. The van der Waals surface area contributed by atoms with E-state index in [9.17, 15) is 17.6 Å². The number of methoxy groups -OCH3 is 1. The van der Waals surface area contributed by atoms with E-state index in [-0.39, 0.29) is 21.9 Å². The lowest BCUT2D eigenvalue weighted by Crippen LogP contribution is -2.47. The largest absolute Gasteiger partial charge is 0.494 e. The fourth-order valence-electron chi connectivity index (χ4n) is 5.32. The van der Waals surface area contributed by atoms with Gasteiger partial charge in [-0.15, -0.1) is 5.10 Å². The van der Waals surface area contributed by atoms with E-state index < -0.39 is 55.3 Å². The average Bonchev–Trinajstić information content (AvgIpc) is 3.47. The number of ether oxygens (including phenoxy) is 1. The number of alkyl halides is 4. The highest BCUT2D eigenvalue weighted by Crippen LogP contribution is 2.47. The Morgan fingerprint density at radius 1 is 0.878 bits per heavy atom. The predicted octanol–water partition coefficient (Wildman–Crippen LogP) is 9.53. The SMILES string of the molecule is COc1cc(-c2cn(CC(F)(c3cc(C(C)(C)O[Si](C)(C)C(C)(C)C)c(F)c(-c4ccc(F)cc4)n3)C(F)(F)F)nn2)cc2cccnc12. The number of aromatic nitrogens is 5. The number of pyridine rings is 2. The third kappa shape index (κ3) is 6.93. The van der Waals surface area contributed by atoms with Crippen molar-refractivity contribution < 1.29 is 35.5 Å². The van der Waals surface area contributed by atoms with E-state index in [0.717, 1.165) is 22.9 Å². The fourth-order valence-corrected chi connectivity index (χ4v) is 7.02. The third-order valence-electron chi connectivity index (χ3n) is 9.00. The minimum absolute atomic E-state index is 0.0440. The lowest BCUT2D eigenvalue weighted by molar-refractivity contribution is -0.243. The minimum atomic E-state index is -5.54. The number of rotatable bonds is 9. The molecule has 0 saturated heterocycles. The molecule has 14 heteroatoms. The highest BCUT2D eigenvalue weighted by Gasteiger charge is 2.60. The molecule has 0 aliphatic rings. The second-order valence-electron chi connectivity index (χ2n) is 14.0. The monoisotopic (exact) mass is 701 g/mol. The quantitative estimate of drug-likeness (QED) is 0.113. The molecule has 5 rings (SSSR count). The van der Waals surface area contributed by atoms with Gasteiger partial charge in [-0.05, 0) is 80.5 Å². The standard InChI is InChI=1S/C35H37F6N5O2Si/c1-32(2,3)49(7,8)48-33(4,5)25-18-28(43-31(29(25)37)21-11-13-24(36)14-12-21)34(38,35(39,40)41)20-46-19-26(44-45-46)23-16-22-10-9-15-42-30(22)27(17-23)47-6/h9-19H,20H2,1-8H3. The summed E-state index contributed by atoms with van der Waals surface area (Å²) < 4.78 is 105. The van der Waals surface area contributed by atoms with Gasteiger partial charge in [0.1, 0.15) is 28.5 Å². The van der Waals surface area contributed by atoms with Gasteiger partial charge in [0.25, 0.3) is 5.67 Å². The molecule has 0 radical (unpaired) electrons. The van der Waals surface area contributed by atoms with Crippen molar-refractivity contribution in [1.82, 2.24) is 25.0 Å². The second kappa shape index (κ2) is 12.5. The number of halogens is 6. The van der Waals surface area contributed by atoms with Crippen LogP contribution in [0.15, 0.2) is 67.0 Å². The van der Waals surface area contributed by atoms with Crippen LogP contribution in [-0.4, -0.2) is 46.6 Å². The van der Waals surface area contributed by atoms with Crippen LogP contribution < -0.4 is 4.74 Å². The molecule has 1 atom stereocenters. The summed E-state index contributed by atoms with van der Waals surface area (Å²) in [4.78, 5) is 8.22. The van der Waals surface area contributed by atoms with Crippen molar-refractivity contribution in [2.45, 2.75) is 76.7 Å². The summed E-state index contributed by atoms with van der Waals surface area (Å²) in [5.74, 6) is -1.26. The first-order valence-electron chi connectivity index (χ1n) is 15.4. The van der Waals surface area contributed by atoms with Crippen molar-refractivity contribution in [1.29, 1.82) is 0 Å². The van der Waals surface area contributed by atoms with Gasteiger partial charge in [-0.3, -0.25) is 4.98 Å². The normalized spacial score (nSPS) is 14.2. The molecule has 3 heterocycles. The topological polar surface area (TPSA) is 75.0 Å². The Bertz CT molecular complexity index is 1990. The first-order chi connectivity index (χ1) is 22.7. The molecule has 0 fully saturated rings. The summed E-state index contributed by atoms with van der Waals surface area (Å²) in [6, 6.07) is 11.9. The van der Waals surface area contributed by atoms with Crippen LogP contribution in [0.5, 0.6) is 5.75 Å². The lowest BCUT2D eigenvalue weighted by atomic mass is 9.91. The molecule has 0 aliphatic heterocycles. The Morgan fingerprint density at radius 3 is 2.16 bits per heavy atom. The Balaban J connectivity index is 1.65. The molecule has 3 aromatic heterocycles. The Labute approximate surface area is 281 Å². The van der Waals surface area contributed by atoms with Crippen molar-refractivity contribution in [2.75, 3.05) is 7.11 Å². The van der Waals surface area contributed by atoms with Gasteiger partial charge in [-0.25, -0.2) is 22.8 Å². The number of fused-ring (bicyclic) bond motifs is 1. The summed E-state index contributed by atoms with van der Waals surface area (Å²) in [6.07, 6.45) is -2.77. The van der Waals surface area contributed by atoms with E-state index in [1.807, 2.05) is 33.9 Å². The van der Waals surface area contributed by atoms with Gasteiger partial charge in [0.05, 0.1) is 31.1 Å². The highest BCUT2D eigenvalue weighted by molar-refractivity contribution is 6.74. The summed E-state index contributed by atoms with van der Waals surface area (Å²) >= 11 is 0. The van der Waals surface area contributed by atoms with E-state index in [4.69, 9.17) is 9.16 Å². The maximum absolute atomic E-state index is 16.9. The Morgan fingerprint density at radius 2 is 1.55 bits per heavy atom. The van der Waals surface area contributed by atoms with Crippen LogP contribution in [0.4, 0.5) is 26.3 Å². The molecule has 0 N–H and O–H groups in total. The zero-order valence-electron chi connectivity index (χ0n) is 28.4. The van der Waals surface area contributed by atoms with Gasteiger partial charge in [0, 0.05) is 28.3 Å². The molecule has 0 spiro atoms. The number of hydrogen-bond donors (Lipinski definition) is 0. The predicted molar refractivity (Wildman–Crippen MR) is 177 cm³/mol. The molecule has 0 saturated carbocycles. The third-order valence-corrected chi connectivity index (χ3v) is 13.6. The van der Waals surface area contributed by atoms with E-state index in [1.54, 1.807) is 30.5 Å². The molecular formula is C35H37F6N5O2Si. The highest BCUT2D eigenvalue weighted by atomic mass is 28.4. The van der Waals surface area contributed by atoms with E-state index in [0.29, 0.717) is 22.2 Å². The van der Waals surface area contributed by atoms with E-state index in [2.05, 4.69) is 20.3 Å². The molecule has 0 aliphatic carbocycles. The number of hydrogen-bond acceptors (Lipinski definition) is 6. The summed E-state index contributed by atoms with van der Waals surface area (Å²) in [5.41, 5.74) is -6.59. The van der Waals surface area contributed by atoms with E-state index >= 15 is 8.78 Å². The number of nitrogens with zero attached hydrogens (tertiary/aromatic N) is 5. The summed E-state index contributed by atoms with van der Waals surface area (Å²) in [7, 11) is -1.20. The summed E-state index contributed by atoms with van der Waals surface area (Å²) in [5, 5.41) is 8.16. The Hall–Kier alpha value is -4.30. The molecule has 260 valence electrons. The molecule has 2 aromatic carbocycles. The fraction of sp³-hybridized carbons (Fsp3) is 0.371. The smallest absolute Gasteiger partial charge is 0.430 e. The van der Waals surface area contributed by atoms with E-state index in [1.165, 1.54) is 39.3 Å². The number of benzene rings is 2. The van der Waals surface area contributed by atoms with Crippen LogP contribution in [0, 0.1) is 11.6 Å². The van der Waals surface area contributed by atoms with Crippen LogP contribution in [0.2, 0.25) is 18.1 Å². The van der Waals surface area contributed by atoms with Crippen molar-refractivity contribution in [3.05, 3.63) is 89.9 Å². The molecule has 0 bridgehead atoms. The molecule has 5 aromatic rings. The maximum Gasteiger partial charge on any atom is 0.430 e. The lowest BCUT2D eigenvalue weighted by Gasteiger charge is -2.43. The van der Waals surface area contributed by atoms with Crippen molar-refractivity contribution in [3.63, 3.8) is 0 Å². The average molecular weight is 702 g/mol. The van der Waals surface area contributed by atoms with Gasteiger partial charge >= 0.3 is 6.18 Å². The molecule has 49 heavy (non-hydrogen) atoms. The van der Waals surface area contributed by atoms with Crippen LogP contribution in [0.1, 0.15) is 45.9 Å². The summed E-state index contributed by atoms with van der Waals surface area (Å²) in [6.45, 7) is 11.4. The maximum atomic E-state index is 16.9. The van der Waals surface area contributed by atoms with Gasteiger partial charge < -0.3 is 9.16 Å². The molecule has 1 unspecified atom stereocenters. The van der Waals surface area contributed by atoms with Gasteiger partial charge in [0.2, 0.25) is 0 Å². The molecular weight excluding hydrogens is 664 g/mol. The first kappa shape index (κ1) is 36.0. The minimum Gasteiger partial charge on any atom is -0.494 e. The van der Waals surface area contributed by atoms with Crippen LogP contribution in [-0.2, 0) is 22.2 Å². The zero-order valence-corrected chi connectivity index (χ0v) is 29.4. The van der Waals surface area contributed by atoms with Crippen LogP contribution in [0.3, 0.4) is 0 Å². The van der Waals surface area contributed by atoms with Gasteiger partial charge in [-0.2, -0.15) is 13.2 Å². The van der Waals surface area contributed by atoms with Gasteiger partial charge in [-0.1, -0.05) is 32.1 Å².